The maximum atomic E-state index is 10.5. The highest BCUT2D eigenvalue weighted by Gasteiger charge is 2.21. The number of aryl methyl sites for hydroxylation is 1. The number of aliphatic hydroxyl groups excluding tert-OH is 1. The normalized spacial score (nSPS) is 13.1. The number of halogens is 1. The number of nitrogens with one attached hydrogen (secondary N) is 2. The molecule has 0 aromatic heterocycles. The summed E-state index contributed by atoms with van der Waals surface area (Å²) < 4.78 is 0. The van der Waals surface area contributed by atoms with Gasteiger partial charge in [0.25, 0.3) is 0 Å². The molecule has 2 aromatic rings. The van der Waals surface area contributed by atoms with Crippen LogP contribution in [0.5, 0.6) is 0 Å². The smallest absolute Gasteiger partial charge is 0.0907 e. The van der Waals surface area contributed by atoms with Crippen LogP contribution in [0.15, 0.2) is 48.5 Å². The Morgan fingerprint density at radius 2 is 1.68 bits per heavy atom. The molecule has 2 atom stereocenters. The lowest BCUT2D eigenvalue weighted by Crippen LogP contribution is -2.34. The first-order chi connectivity index (χ1) is 10.1. The zero-order valence-electron chi connectivity index (χ0n) is 13.3. The quantitative estimate of drug-likeness (QED) is 0.763. The third-order valence-electron chi connectivity index (χ3n) is 3.87. The lowest BCUT2D eigenvalue weighted by atomic mass is 9.99. The van der Waals surface area contributed by atoms with Crippen molar-refractivity contribution >= 4 is 18.1 Å². The van der Waals surface area contributed by atoms with Crippen LogP contribution in [-0.4, -0.2) is 24.8 Å². The van der Waals surface area contributed by atoms with Gasteiger partial charge in [0.15, 0.2) is 0 Å². The van der Waals surface area contributed by atoms with Crippen LogP contribution < -0.4 is 10.6 Å². The van der Waals surface area contributed by atoms with Crippen molar-refractivity contribution in [2.24, 2.45) is 0 Å². The first-order valence-electron chi connectivity index (χ1n) is 7.34. The number of hydrogen-bond acceptors (Lipinski definition) is 3. The fourth-order valence-corrected chi connectivity index (χ4v) is 2.46. The molecule has 2 unspecified atom stereocenters. The first-order valence-corrected chi connectivity index (χ1v) is 7.34. The third-order valence-corrected chi connectivity index (χ3v) is 3.87. The van der Waals surface area contributed by atoms with Crippen molar-refractivity contribution in [2.45, 2.75) is 26.0 Å². The Hall–Kier alpha value is -1.55. The number of rotatable bonds is 6. The largest absolute Gasteiger partial charge is 0.389 e. The zero-order valence-corrected chi connectivity index (χ0v) is 14.2. The molecule has 0 amide bonds. The van der Waals surface area contributed by atoms with E-state index < -0.39 is 6.10 Å². The maximum absolute atomic E-state index is 10.5. The van der Waals surface area contributed by atoms with E-state index >= 15 is 0 Å². The molecule has 2 rings (SSSR count). The molecule has 0 aliphatic heterocycles. The average Bonchev–Trinajstić information content (AvgIpc) is 2.50. The van der Waals surface area contributed by atoms with E-state index in [1.165, 1.54) is 11.1 Å². The predicted octanol–water partition coefficient (Wildman–Crippen LogP) is 3.46. The van der Waals surface area contributed by atoms with Crippen LogP contribution in [0.2, 0.25) is 0 Å². The topological polar surface area (TPSA) is 44.3 Å². The number of anilines is 1. The molecule has 0 radical (unpaired) electrons. The third kappa shape index (κ3) is 4.47. The Bertz CT molecular complexity index is 575. The van der Waals surface area contributed by atoms with Gasteiger partial charge < -0.3 is 15.7 Å². The van der Waals surface area contributed by atoms with E-state index in [-0.39, 0.29) is 18.4 Å². The lowest BCUT2D eigenvalue weighted by molar-refractivity contribution is 0.152. The Morgan fingerprint density at radius 1 is 1.00 bits per heavy atom. The van der Waals surface area contributed by atoms with Crippen LogP contribution in [0.25, 0.3) is 0 Å². The summed E-state index contributed by atoms with van der Waals surface area (Å²) in [6.45, 7) is 4.74. The van der Waals surface area contributed by atoms with Gasteiger partial charge in [0.1, 0.15) is 0 Å². The summed E-state index contributed by atoms with van der Waals surface area (Å²) in [5.74, 6) is 0. The van der Waals surface area contributed by atoms with E-state index in [9.17, 15) is 5.11 Å². The molecule has 0 heterocycles. The Kier molecular flexibility index (Phi) is 7.39. The van der Waals surface area contributed by atoms with Crippen LogP contribution in [-0.2, 0) is 0 Å². The summed E-state index contributed by atoms with van der Waals surface area (Å²) in [6.07, 6.45) is -0.502. The zero-order chi connectivity index (χ0) is 15.2. The molecule has 0 fully saturated rings. The van der Waals surface area contributed by atoms with Gasteiger partial charge in [0.2, 0.25) is 0 Å². The van der Waals surface area contributed by atoms with Gasteiger partial charge in [-0.1, -0.05) is 42.5 Å². The number of hydrogen-bond donors (Lipinski definition) is 3. The van der Waals surface area contributed by atoms with Gasteiger partial charge in [0.05, 0.1) is 12.1 Å². The van der Waals surface area contributed by atoms with Crippen molar-refractivity contribution < 1.29 is 5.11 Å². The predicted molar refractivity (Wildman–Crippen MR) is 95.9 cm³/mol. The molecule has 120 valence electrons. The second kappa shape index (κ2) is 8.79. The molecular formula is C18H25ClN2O. The minimum Gasteiger partial charge on any atom is -0.389 e. The lowest BCUT2D eigenvalue weighted by Gasteiger charge is -2.26. The van der Waals surface area contributed by atoms with Crippen molar-refractivity contribution in [1.29, 1.82) is 0 Å². The summed E-state index contributed by atoms with van der Waals surface area (Å²) in [4.78, 5) is 0. The van der Waals surface area contributed by atoms with Crippen molar-refractivity contribution in [3.05, 3.63) is 65.2 Å². The highest BCUT2D eigenvalue weighted by atomic mass is 35.5. The molecule has 4 heteroatoms. The Labute approximate surface area is 139 Å². The molecule has 3 N–H and O–H groups in total. The standard InChI is InChI=1S/C18H24N2O.ClH/c1-13-8-7-11-16(14(13)2)20-18(17(21)12-19-3)15-9-5-4-6-10-15;/h4-11,17-21H,12H2,1-3H3;1H. The minimum atomic E-state index is -0.502. The first kappa shape index (κ1) is 18.5. The molecule has 0 saturated heterocycles. The van der Waals surface area contributed by atoms with Crippen molar-refractivity contribution in [1.82, 2.24) is 5.32 Å². The summed E-state index contributed by atoms with van der Waals surface area (Å²) in [5.41, 5.74) is 4.62. The monoisotopic (exact) mass is 320 g/mol. The minimum absolute atomic E-state index is 0. The molecule has 2 aromatic carbocycles. The van der Waals surface area contributed by atoms with Gasteiger partial charge >= 0.3 is 0 Å². The summed E-state index contributed by atoms with van der Waals surface area (Å²) in [5, 5.41) is 17.0. The van der Waals surface area contributed by atoms with Gasteiger partial charge in [-0.05, 0) is 43.7 Å². The summed E-state index contributed by atoms with van der Waals surface area (Å²) >= 11 is 0. The Balaban J connectivity index is 0.00000242. The van der Waals surface area contributed by atoms with Crippen LogP contribution in [0.4, 0.5) is 5.69 Å². The fraction of sp³-hybridized carbons (Fsp3) is 0.333. The van der Waals surface area contributed by atoms with Crippen LogP contribution in [0.3, 0.4) is 0 Å². The number of aliphatic hydroxyl groups is 1. The average molecular weight is 321 g/mol. The maximum Gasteiger partial charge on any atom is 0.0907 e. The second-order valence-electron chi connectivity index (χ2n) is 5.41. The van der Waals surface area contributed by atoms with Gasteiger partial charge in [-0.3, -0.25) is 0 Å². The SMILES string of the molecule is CNCC(O)C(Nc1cccc(C)c1C)c1ccccc1.Cl. The van der Waals surface area contributed by atoms with E-state index in [1.54, 1.807) is 0 Å². The highest BCUT2D eigenvalue weighted by Crippen LogP contribution is 2.26. The van der Waals surface area contributed by atoms with Gasteiger partial charge in [-0.2, -0.15) is 0 Å². The molecule has 0 spiro atoms. The van der Waals surface area contributed by atoms with E-state index in [0.29, 0.717) is 6.54 Å². The molecule has 0 bridgehead atoms. The second-order valence-corrected chi connectivity index (χ2v) is 5.41. The number of benzene rings is 2. The van der Waals surface area contributed by atoms with Gasteiger partial charge in [0, 0.05) is 12.2 Å². The van der Waals surface area contributed by atoms with Crippen LogP contribution in [0.1, 0.15) is 22.7 Å². The van der Waals surface area contributed by atoms with E-state index in [4.69, 9.17) is 0 Å². The van der Waals surface area contributed by atoms with E-state index in [1.807, 2.05) is 43.4 Å². The highest BCUT2D eigenvalue weighted by molar-refractivity contribution is 5.85. The van der Waals surface area contributed by atoms with Crippen LogP contribution >= 0.6 is 12.4 Å². The van der Waals surface area contributed by atoms with Crippen LogP contribution in [0, 0.1) is 13.8 Å². The molecule has 0 saturated carbocycles. The van der Waals surface area contributed by atoms with Gasteiger partial charge in [-0.15, -0.1) is 12.4 Å². The van der Waals surface area contributed by atoms with Crippen molar-refractivity contribution in [2.75, 3.05) is 18.9 Å². The summed E-state index contributed by atoms with van der Waals surface area (Å²) in [7, 11) is 1.85. The molecule has 3 nitrogen and oxygen atoms in total. The fourth-order valence-electron chi connectivity index (χ4n) is 2.46. The molecule has 0 aliphatic rings. The summed E-state index contributed by atoms with van der Waals surface area (Å²) in [6, 6.07) is 16.1. The van der Waals surface area contributed by atoms with E-state index in [0.717, 1.165) is 11.3 Å². The van der Waals surface area contributed by atoms with Crippen molar-refractivity contribution in [3.63, 3.8) is 0 Å². The molecular weight excluding hydrogens is 296 g/mol. The van der Waals surface area contributed by atoms with Crippen molar-refractivity contribution in [3.8, 4) is 0 Å². The van der Waals surface area contributed by atoms with Gasteiger partial charge in [-0.25, -0.2) is 0 Å². The Morgan fingerprint density at radius 3 is 2.32 bits per heavy atom. The van der Waals surface area contributed by atoms with E-state index in [2.05, 4.69) is 36.6 Å². The molecule has 0 aliphatic carbocycles. The molecule has 22 heavy (non-hydrogen) atoms. The number of likely N-dealkylation sites (N-methyl/N-ethyl adjacent to an activating group) is 1.